The highest BCUT2D eigenvalue weighted by molar-refractivity contribution is 7.92. The van der Waals surface area contributed by atoms with Crippen molar-refractivity contribution in [3.05, 3.63) is 81.3 Å². The summed E-state index contributed by atoms with van der Waals surface area (Å²) in [7, 11) is -3.85. The second-order valence-electron chi connectivity index (χ2n) is 7.35. The number of hydrogen-bond donors (Lipinski definition) is 2. The van der Waals surface area contributed by atoms with Gasteiger partial charge in [0.2, 0.25) is 0 Å². The van der Waals surface area contributed by atoms with E-state index in [9.17, 15) is 13.2 Å². The molecule has 0 unspecified atom stereocenters. The number of ether oxygens (including phenoxy) is 1. The Balaban J connectivity index is 1.62. The van der Waals surface area contributed by atoms with Crippen molar-refractivity contribution in [3.63, 3.8) is 0 Å². The van der Waals surface area contributed by atoms with Crippen LogP contribution in [0.3, 0.4) is 0 Å². The highest BCUT2D eigenvalue weighted by atomic mass is 35.5. The lowest BCUT2D eigenvalue weighted by atomic mass is 10.1. The van der Waals surface area contributed by atoms with Gasteiger partial charge in [-0.1, -0.05) is 40.9 Å². The standard InChI is InChI=1S/C23H22Cl2N2O4S/c1-14-8-15(2)23(16(3)9-14)26-22(28)13-31-20-4-6-21(7-5-20)32(29,30)27-19-11-17(24)10-18(25)12-19/h4-12,27H,13H2,1-3H3,(H,26,28). The smallest absolute Gasteiger partial charge is 0.262 e. The first-order chi connectivity index (χ1) is 15.0. The van der Waals surface area contributed by atoms with Crippen molar-refractivity contribution in [1.82, 2.24) is 0 Å². The van der Waals surface area contributed by atoms with Crippen molar-refractivity contribution in [1.29, 1.82) is 0 Å². The fourth-order valence-corrected chi connectivity index (χ4v) is 4.81. The van der Waals surface area contributed by atoms with Crippen LogP contribution in [0.2, 0.25) is 10.0 Å². The Morgan fingerprint density at radius 1 is 0.906 bits per heavy atom. The molecule has 0 spiro atoms. The molecule has 0 bridgehead atoms. The maximum atomic E-state index is 12.6. The molecule has 32 heavy (non-hydrogen) atoms. The number of halogens is 2. The van der Waals surface area contributed by atoms with Crippen LogP contribution in [-0.2, 0) is 14.8 Å². The van der Waals surface area contributed by atoms with Crippen molar-refractivity contribution >= 4 is 50.5 Å². The van der Waals surface area contributed by atoms with Gasteiger partial charge in [-0.25, -0.2) is 8.42 Å². The summed E-state index contributed by atoms with van der Waals surface area (Å²) in [5.74, 6) is 0.0542. The largest absolute Gasteiger partial charge is 0.484 e. The number of anilines is 2. The van der Waals surface area contributed by atoms with Crippen molar-refractivity contribution in [2.75, 3.05) is 16.6 Å². The van der Waals surface area contributed by atoms with E-state index in [4.69, 9.17) is 27.9 Å². The average Bonchev–Trinajstić information content (AvgIpc) is 2.68. The molecule has 0 aliphatic carbocycles. The minimum atomic E-state index is -3.85. The van der Waals surface area contributed by atoms with Gasteiger partial charge in [0.05, 0.1) is 10.6 Å². The second-order valence-corrected chi connectivity index (χ2v) is 9.90. The Bertz CT molecular complexity index is 1220. The molecule has 3 aromatic carbocycles. The molecule has 0 aromatic heterocycles. The van der Waals surface area contributed by atoms with Crippen molar-refractivity contribution < 1.29 is 17.9 Å². The lowest BCUT2D eigenvalue weighted by molar-refractivity contribution is -0.118. The predicted octanol–water partition coefficient (Wildman–Crippen LogP) is 5.74. The van der Waals surface area contributed by atoms with E-state index >= 15 is 0 Å². The van der Waals surface area contributed by atoms with Crippen molar-refractivity contribution in [3.8, 4) is 5.75 Å². The Hall–Kier alpha value is -2.74. The molecular formula is C23H22Cl2N2O4S. The maximum absolute atomic E-state index is 12.6. The maximum Gasteiger partial charge on any atom is 0.262 e. The summed E-state index contributed by atoms with van der Waals surface area (Å²) in [5, 5.41) is 3.48. The fourth-order valence-electron chi connectivity index (χ4n) is 3.24. The van der Waals surface area contributed by atoms with E-state index in [2.05, 4.69) is 10.0 Å². The molecule has 3 aromatic rings. The van der Waals surface area contributed by atoms with Gasteiger partial charge < -0.3 is 10.1 Å². The van der Waals surface area contributed by atoms with E-state index in [1.165, 1.54) is 42.5 Å². The molecule has 3 rings (SSSR count). The van der Waals surface area contributed by atoms with Gasteiger partial charge >= 0.3 is 0 Å². The normalized spacial score (nSPS) is 11.2. The summed E-state index contributed by atoms with van der Waals surface area (Å²) in [4.78, 5) is 12.3. The number of amides is 1. The number of rotatable bonds is 7. The third-order valence-corrected chi connectivity index (χ3v) is 6.39. The summed E-state index contributed by atoms with van der Waals surface area (Å²) in [6, 6.07) is 14.1. The van der Waals surface area contributed by atoms with Gasteiger partial charge in [0.1, 0.15) is 5.75 Å². The lowest BCUT2D eigenvalue weighted by Gasteiger charge is -2.13. The molecule has 0 atom stereocenters. The second kappa shape index (κ2) is 9.81. The van der Waals surface area contributed by atoms with Crippen LogP contribution in [-0.4, -0.2) is 20.9 Å². The molecule has 2 N–H and O–H groups in total. The van der Waals surface area contributed by atoms with Crippen molar-refractivity contribution in [2.45, 2.75) is 25.7 Å². The Morgan fingerprint density at radius 3 is 2.03 bits per heavy atom. The molecule has 9 heteroatoms. The van der Waals surface area contributed by atoms with Gasteiger partial charge in [0, 0.05) is 15.7 Å². The Kier molecular flexibility index (Phi) is 7.33. The highest BCUT2D eigenvalue weighted by Crippen LogP contribution is 2.26. The zero-order valence-corrected chi connectivity index (χ0v) is 20.0. The quantitative estimate of drug-likeness (QED) is 0.440. The zero-order chi connectivity index (χ0) is 23.5. The summed E-state index contributed by atoms with van der Waals surface area (Å²) < 4.78 is 33.1. The Morgan fingerprint density at radius 2 is 1.47 bits per heavy atom. The van der Waals surface area contributed by atoms with Gasteiger partial charge in [-0.2, -0.15) is 0 Å². The van der Waals surface area contributed by atoms with E-state index in [1.807, 2.05) is 32.9 Å². The van der Waals surface area contributed by atoms with E-state index < -0.39 is 10.0 Å². The van der Waals surface area contributed by atoms with Crippen LogP contribution in [0.5, 0.6) is 5.75 Å². The van der Waals surface area contributed by atoms with E-state index in [0.717, 1.165) is 22.4 Å². The molecule has 0 aliphatic rings. The molecule has 0 saturated carbocycles. The van der Waals surface area contributed by atoms with Crippen LogP contribution in [0.25, 0.3) is 0 Å². The number of hydrogen-bond acceptors (Lipinski definition) is 4. The zero-order valence-electron chi connectivity index (χ0n) is 17.7. The number of carbonyl (C=O) groups excluding carboxylic acids is 1. The fraction of sp³-hybridized carbons (Fsp3) is 0.174. The predicted molar refractivity (Wildman–Crippen MR) is 128 cm³/mol. The first-order valence-corrected chi connectivity index (χ1v) is 11.9. The molecule has 0 radical (unpaired) electrons. The number of aryl methyl sites for hydroxylation is 3. The SMILES string of the molecule is Cc1cc(C)c(NC(=O)COc2ccc(S(=O)(=O)Nc3cc(Cl)cc(Cl)c3)cc2)c(C)c1. The van der Waals surface area contributed by atoms with Crippen LogP contribution in [0.15, 0.2) is 59.5 Å². The van der Waals surface area contributed by atoms with E-state index in [0.29, 0.717) is 15.8 Å². The summed E-state index contributed by atoms with van der Waals surface area (Å²) in [5.41, 5.74) is 4.08. The minimum absolute atomic E-state index is 0.0244. The van der Waals surface area contributed by atoms with Crippen LogP contribution >= 0.6 is 23.2 Å². The molecule has 1 amide bonds. The number of benzene rings is 3. The third kappa shape index (κ3) is 6.16. The summed E-state index contributed by atoms with van der Waals surface area (Å²) in [6.45, 7) is 5.65. The van der Waals surface area contributed by atoms with Gasteiger partial charge in [-0.15, -0.1) is 0 Å². The molecule has 6 nitrogen and oxygen atoms in total. The minimum Gasteiger partial charge on any atom is -0.484 e. The van der Waals surface area contributed by atoms with Gasteiger partial charge in [0.15, 0.2) is 6.61 Å². The highest BCUT2D eigenvalue weighted by Gasteiger charge is 2.15. The molecule has 0 saturated heterocycles. The molecule has 0 heterocycles. The molecule has 0 aliphatic heterocycles. The molecule has 168 valence electrons. The first kappa shape index (κ1) is 23.9. The summed E-state index contributed by atoms with van der Waals surface area (Å²) in [6.07, 6.45) is 0. The molecular weight excluding hydrogens is 471 g/mol. The summed E-state index contributed by atoms with van der Waals surface area (Å²) >= 11 is 11.8. The number of nitrogens with one attached hydrogen (secondary N) is 2. The topological polar surface area (TPSA) is 84.5 Å². The number of sulfonamides is 1. The third-order valence-electron chi connectivity index (χ3n) is 4.56. The van der Waals surface area contributed by atoms with Crippen LogP contribution in [0, 0.1) is 20.8 Å². The van der Waals surface area contributed by atoms with Crippen LogP contribution in [0.1, 0.15) is 16.7 Å². The van der Waals surface area contributed by atoms with Gasteiger partial charge in [-0.3, -0.25) is 9.52 Å². The van der Waals surface area contributed by atoms with E-state index in [-0.39, 0.29) is 23.1 Å². The monoisotopic (exact) mass is 492 g/mol. The van der Waals surface area contributed by atoms with Crippen LogP contribution in [0.4, 0.5) is 11.4 Å². The average molecular weight is 493 g/mol. The van der Waals surface area contributed by atoms with Gasteiger partial charge in [-0.05, 0) is 74.4 Å². The van der Waals surface area contributed by atoms with E-state index in [1.54, 1.807) is 0 Å². The Labute approximate surface area is 197 Å². The molecule has 0 fully saturated rings. The van der Waals surface area contributed by atoms with Gasteiger partial charge in [0.25, 0.3) is 15.9 Å². The van der Waals surface area contributed by atoms with Crippen molar-refractivity contribution in [2.24, 2.45) is 0 Å². The lowest BCUT2D eigenvalue weighted by Crippen LogP contribution is -2.21. The number of carbonyl (C=O) groups is 1. The first-order valence-electron chi connectivity index (χ1n) is 9.63. The van der Waals surface area contributed by atoms with Crippen LogP contribution < -0.4 is 14.8 Å².